The molecular weight excluding hydrogens is 204 g/mol. The number of likely N-dealkylation sites (N-methyl/N-ethyl adjacent to an activating group) is 1. The highest BCUT2D eigenvalue weighted by atomic mass is 16.5. The number of nitrogen functional groups attached to an aromatic ring is 1. The monoisotopic (exact) mass is 222 g/mol. The minimum atomic E-state index is 0.217. The largest absolute Gasteiger partial charge is 0.481 e. The maximum absolute atomic E-state index is 5.61. The molecule has 0 unspecified atom stereocenters. The molecular formula is C11H18N4O. The molecule has 0 aliphatic carbocycles. The number of hydrogen-bond acceptors (Lipinski definition) is 5. The van der Waals surface area contributed by atoms with Crippen molar-refractivity contribution in [3.63, 3.8) is 0 Å². The quantitative estimate of drug-likeness (QED) is 0.764. The predicted octanol–water partition coefficient (Wildman–Crippen LogP) is 1.47. The second-order valence-corrected chi connectivity index (χ2v) is 3.60. The molecule has 0 radical (unpaired) electrons. The van der Waals surface area contributed by atoms with Gasteiger partial charge < -0.3 is 15.4 Å². The molecule has 1 aromatic rings. The van der Waals surface area contributed by atoms with Gasteiger partial charge in [-0.1, -0.05) is 12.2 Å². The topological polar surface area (TPSA) is 64.3 Å². The van der Waals surface area contributed by atoms with Crippen LogP contribution < -0.4 is 15.4 Å². The predicted molar refractivity (Wildman–Crippen MR) is 65.7 cm³/mol. The lowest BCUT2D eigenvalue weighted by Gasteiger charge is -2.22. The lowest BCUT2D eigenvalue weighted by molar-refractivity contribution is 0.397. The SMILES string of the molecule is C=C(C)CN(CC)c1cc(OC)nc(N)n1. The molecule has 0 saturated carbocycles. The number of hydrogen-bond donors (Lipinski definition) is 1. The van der Waals surface area contributed by atoms with Gasteiger partial charge >= 0.3 is 0 Å². The van der Waals surface area contributed by atoms with Crippen molar-refractivity contribution >= 4 is 11.8 Å². The van der Waals surface area contributed by atoms with Crippen molar-refractivity contribution in [3.05, 3.63) is 18.2 Å². The third kappa shape index (κ3) is 3.12. The first-order valence-corrected chi connectivity index (χ1v) is 5.14. The van der Waals surface area contributed by atoms with Crippen LogP contribution in [-0.4, -0.2) is 30.2 Å². The Morgan fingerprint density at radius 2 is 2.25 bits per heavy atom. The molecule has 5 heteroatoms. The fraction of sp³-hybridized carbons (Fsp3) is 0.455. The summed E-state index contributed by atoms with van der Waals surface area (Å²) in [6, 6.07) is 1.77. The zero-order valence-corrected chi connectivity index (χ0v) is 10.0. The van der Waals surface area contributed by atoms with Crippen molar-refractivity contribution in [3.8, 4) is 5.88 Å². The highest BCUT2D eigenvalue weighted by molar-refractivity contribution is 5.46. The number of rotatable bonds is 5. The van der Waals surface area contributed by atoms with Gasteiger partial charge in [-0.15, -0.1) is 0 Å². The first kappa shape index (κ1) is 12.3. The third-order valence-corrected chi connectivity index (χ3v) is 2.08. The third-order valence-electron chi connectivity index (χ3n) is 2.08. The van der Waals surface area contributed by atoms with Crippen LogP contribution in [0.5, 0.6) is 5.88 Å². The van der Waals surface area contributed by atoms with Crippen molar-refractivity contribution in [2.45, 2.75) is 13.8 Å². The van der Waals surface area contributed by atoms with Gasteiger partial charge in [0.25, 0.3) is 0 Å². The molecule has 0 aliphatic heterocycles. The summed E-state index contributed by atoms with van der Waals surface area (Å²) in [5.41, 5.74) is 6.67. The van der Waals surface area contributed by atoms with Crippen LogP contribution >= 0.6 is 0 Å². The van der Waals surface area contributed by atoms with E-state index in [1.165, 1.54) is 0 Å². The molecule has 0 atom stereocenters. The van der Waals surface area contributed by atoms with E-state index in [0.717, 1.165) is 24.5 Å². The molecule has 5 nitrogen and oxygen atoms in total. The molecule has 0 bridgehead atoms. The zero-order valence-electron chi connectivity index (χ0n) is 10.0. The Morgan fingerprint density at radius 1 is 1.56 bits per heavy atom. The van der Waals surface area contributed by atoms with Gasteiger partial charge in [-0.25, -0.2) is 0 Å². The number of nitrogens with zero attached hydrogens (tertiary/aromatic N) is 3. The van der Waals surface area contributed by atoms with Crippen LogP contribution in [0, 0.1) is 0 Å². The summed E-state index contributed by atoms with van der Waals surface area (Å²) in [7, 11) is 1.56. The van der Waals surface area contributed by atoms with Crippen LogP contribution in [0.25, 0.3) is 0 Å². The van der Waals surface area contributed by atoms with E-state index in [4.69, 9.17) is 10.5 Å². The molecule has 88 valence electrons. The van der Waals surface area contributed by atoms with Crippen LogP contribution in [-0.2, 0) is 0 Å². The van der Waals surface area contributed by atoms with Crippen LogP contribution in [0.1, 0.15) is 13.8 Å². The van der Waals surface area contributed by atoms with Crippen molar-refractivity contribution < 1.29 is 4.74 Å². The van der Waals surface area contributed by atoms with Gasteiger partial charge in [0.1, 0.15) is 5.82 Å². The van der Waals surface area contributed by atoms with Crippen molar-refractivity contribution in [2.75, 3.05) is 30.8 Å². The minimum Gasteiger partial charge on any atom is -0.481 e. The molecule has 0 saturated heterocycles. The second-order valence-electron chi connectivity index (χ2n) is 3.60. The van der Waals surface area contributed by atoms with Gasteiger partial charge in [0, 0.05) is 19.2 Å². The molecule has 0 aliphatic rings. The average Bonchev–Trinajstić information content (AvgIpc) is 2.24. The zero-order chi connectivity index (χ0) is 12.1. The lowest BCUT2D eigenvalue weighted by atomic mass is 10.3. The van der Waals surface area contributed by atoms with Crippen LogP contribution in [0.4, 0.5) is 11.8 Å². The Kier molecular flexibility index (Phi) is 4.10. The van der Waals surface area contributed by atoms with Gasteiger partial charge in [0.2, 0.25) is 11.8 Å². The van der Waals surface area contributed by atoms with E-state index in [0.29, 0.717) is 5.88 Å². The molecule has 0 fully saturated rings. The highest BCUT2D eigenvalue weighted by Crippen LogP contribution is 2.18. The van der Waals surface area contributed by atoms with Crippen molar-refractivity contribution in [1.82, 2.24) is 9.97 Å². The lowest BCUT2D eigenvalue weighted by Crippen LogP contribution is -2.25. The summed E-state index contributed by atoms with van der Waals surface area (Å²) in [4.78, 5) is 10.2. The van der Waals surface area contributed by atoms with E-state index in [9.17, 15) is 0 Å². The number of anilines is 2. The average molecular weight is 222 g/mol. The Balaban J connectivity index is 2.99. The summed E-state index contributed by atoms with van der Waals surface area (Å²) < 4.78 is 5.06. The maximum atomic E-state index is 5.61. The summed E-state index contributed by atoms with van der Waals surface area (Å²) in [5.74, 6) is 1.45. The Bertz CT molecular complexity index is 378. The molecule has 1 rings (SSSR count). The Morgan fingerprint density at radius 3 is 2.75 bits per heavy atom. The van der Waals surface area contributed by atoms with E-state index in [1.807, 2.05) is 13.8 Å². The van der Waals surface area contributed by atoms with E-state index in [2.05, 4.69) is 21.4 Å². The molecule has 0 spiro atoms. The van der Waals surface area contributed by atoms with Crippen LogP contribution in [0.15, 0.2) is 18.2 Å². The first-order chi connectivity index (χ1) is 7.56. The molecule has 16 heavy (non-hydrogen) atoms. The number of ether oxygens (including phenoxy) is 1. The number of methoxy groups -OCH3 is 1. The van der Waals surface area contributed by atoms with E-state index in [1.54, 1.807) is 13.2 Å². The van der Waals surface area contributed by atoms with Crippen molar-refractivity contribution in [1.29, 1.82) is 0 Å². The van der Waals surface area contributed by atoms with Crippen molar-refractivity contribution in [2.24, 2.45) is 0 Å². The number of nitrogens with two attached hydrogens (primary N) is 1. The smallest absolute Gasteiger partial charge is 0.225 e. The van der Waals surface area contributed by atoms with Gasteiger partial charge in [0.15, 0.2) is 0 Å². The molecule has 0 aromatic carbocycles. The Labute approximate surface area is 95.9 Å². The van der Waals surface area contributed by atoms with E-state index < -0.39 is 0 Å². The maximum Gasteiger partial charge on any atom is 0.225 e. The van der Waals surface area contributed by atoms with Gasteiger partial charge in [-0.2, -0.15) is 9.97 Å². The minimum absolute atomic E-state index is 0.217. The molecule has 1 heterocycles. The fourth-order valence-corrected chi connectivity index (χ4v) is 1.38. The van der Waals surface area contributed by atoms with Gasteiger partial charge in [0.05, 0.1) is 7.11 Å². The van der Waals surface area contributed by atoms with Crippen LogP contribution in [0.2, 0.25) is 0 Å². The van der Waals surface area contributed by atoms with Crippen LogP contribution in [0.3, 0.4) is 0 Å². The summed E-state index contributed by atoms with van der Waals surface area (Å²) in [6.45, 7) is 9.48. The van der Waals surface area contributed by atoms with E-state index >= 15 is 0 Å². The highest BCUT2D eigenvalue weighted by Gasteiger charge is 2.09. The van der Waals surface area contributed by atoms with Gasteiger partial charge in [-0.05, 0) is 13.8 Å². The molecule has 1 aromatic heterocycles. The molecule has 2 N–H and O–H groups in total. The van der Waals surface area contributed by atoms with E-state index in [-0.39, 0.29) is 5.95 Å². The second kappa shape index (κ2) is 5.34. The standard InChI is InChI=1S/C11H18N4O/c1-5-15(7-8(2)3)9-6-10(16-4)14-11(12)13-9/h6H,2,5,7H2,1,3-4H3,(H2,12,13,14). The Hall–Kier alpha value is -1.78. The summed E-state index contributed by atoms with van der Waals surface area (Å²) >= 11 is 0. The first-order valence-electron chi connectivity index (χ1n) is 5.14. The molecule has 0 amide bonds. The summed E-state index contributed by atoms with van der Waals surface area (Å²) in [5, 5.41) is 0. The van der Waals surface area contributed by atoms with Gasteiger partial charge in [-0.3, -0.25) is 0 Å². The summed E-state index contributed by atoms with van der Waals surface area (Å²) in [6.07, 6.45) is 0. The fourth-order valence-electron chi connectivity index (χ4n) is 1.38. The normalized spacial score (nSPS) is 9.94. The number of aromatic nitrogens is 2.